The zero-order chi connectivity index (χ0) is 14.8. The molecule has 0 heterocycles. The van der Waals surface area contributed by atoms with Crippen molar-refractivity contribution in [1.82, 2.24) is 0 Å². The maximum Gasteiger partial charge on any atom is 0.0700 e. The van der Waals surface area contributed by atoms with Crippen LogP contribution in [0.15, 0.2) is 42.5 Å². The standard InChI is InChI=1S/C16H15Cl3O/c1-16(20,9-11-2-5-13(17)6-3-11)10-12-4-7-14(18)8-15(12)19/h2-8,20H,9-10H2,1H3. The van der Waals surface area contributed by atoms with E-state index in [4.69, 9.17) is 34.8 Å². The van der Waals surface area contributed by atoms with Crippen LogP contribution in [0.2, 0.25) is 15.1 Å². The molecule has 20 heavy (non-hydrogen) atoms. The van der Waals surface area contributed by atoms with E-state index < -0.39 is 5.60 Å². The van der Waals surface area contributed by atoms with Gasteiger partial charge in [0.15, 0.2) is 0 Å². The van der Waals surface area contributed by atoms with Crippen molar-refractivity contribution in [2.24, 2.45) is 0 Å². The maximum absolute atomic E-state index is 10.6. The SMILES string of the molecule is CC(O)(Cc1ccc(Cl)cc1)Cc1ccc(Cl)cc1Cl. The topological polar surface area (TPSA) is 20.2 Å². The van der Waals surface area contributed by atoms with E-state index in [1.165, 1.54) is 0 Å². The lowest BCUT2D eigenvalue weighted by molar-refractivity contribution is 0.0608. The van der Waals surface area contributed by atoms with Gasteiger partial charge in [0.2, 0.25) is 0 Å². The summed E-state index contributed by atoms with van der Waals surface area (Å²) in [4.78, 5) is 0. The van der Waals surface area contributed by atoms with E-state index in [2.05, 4.69) is 0 Å². The first kappa shape index (κ1) is 15.7. The minimum atomic E-state index is -0.884. The molecule has 2 rings (SSSR count). The molecule has 0 aliphatic carbocycles. The molecule has 0 saturated carbocycles. The first-order chi connectivity index (χ1) is 9.35. The van der Waals surface area contributed by atoms with Crippen LogP contribution in [0.4, 0.5) is 0 Å². The van der Waals surface area contributed by atoms with Gasteiger partial charge in [-0.3, -0.25) is 0 Å². The zero-order valence-electron chi connectivity index (χ0n) is 11.0. The monoisotopic (exact) mass is 328 g/mol. The molecular weight excluding hydrogens is 315 g/mol. The first-order valence-electron chi connectivity index (χ1n) is 6.26. The zero-order valence-corrected chi connectivity index (χ0v) is 13.3. The molecule has 4 heteroatoms. The van der Waals surface area contributed by atoms with E-state index in [1.54, 1.807) is 19.1 Å². The quantitative estimate of drug-likeness (QED) is 0.819. The molecule has 0 bridgehead atoms. The van der Waals surface area contributed by atoms with Crippen LogP contribution in [0.1, 0.15) is 18.1 Å². The summed E-state index contributed by atoms with van der Waals surface area (Å²) >= 11 is 17.9. The molecular formula is C16H15Cl3O. The van der Waals surface area contributed by atoms with Crippen LogP contribution >= 0.6 is 34.8 Å². The molecule has 0 saturated heterocycles. The minimum Gasteiger partial charge on any atom is -0.389 e. The number of hydrogen-bond donors (Lipinski definition) is 1. The molecule has 0 aliphatic rings. The Morgan fingerprint density at radius 2 is 1.50 bits per heavy atom. The van der Waals surface area contributed by atoms with Crippen molar-refractivity contribution >= 4 is 34.8 Å². The molecule has 0 aromatic heterocycles. The average Bonchev–Trinajstić information content (AvgIpc) is 2.35. The third kappa shape index (κ3) is 4.39. The highest BCUT2D eigenvalue weighted by Gasteiger charge is 2.22. The molecule has 0 amide bonds. The first-order valence-corrected chi connectivity index (χ1v) is 7.40. The fourth-order valence-corrected chi connectivity index (χ4v) is 2.78. The van der Waals surface area contributed by atoms with Gasteiger partial charge in [-0.15, -0.1) is 0 Å². The summed E-state index contributed by atoms with van der Waals surface area (Å²) in [5, 5.41) is 12.4. The van der Waals surface area contributed by atoms with Gasteiger partial charge in [-0.1, -0.05) is 53.0 Å². The smallest absolute Gasteiger partial charge is 0.0700 e. The van der Waals surface area contributed by atoms with Crippen molar-refractivity contribution in [2.45, 2.75) is 25.4 Å². The Bertz CT molecular complexity index is 591. The van der Waals surface area contributed by atoms with Crippen molar-refractivity contribution in [3.05, 3.63) is 68.7 Å². The van der Waals surface area contributed by atoms with Gasteiger partial charge in [0.25, 0.3) is 0 Å². The second-order valence-corrected chi connectivity index (χ2v) is 6.49. The summed E-state index contributed by atoms with van der Waals surface area (Å²) in [6.07, 6.45) is 0.995. The van der Waals surface area contributed by atoms with Gasteiger partial charge in [-0.25, -0.2) is 0 Å². The van der Waals surface area contributed by atoms with Crippen LogP contribution in [0.25, 0.3) is 0 Å². The highest BCUT2D eigenvalue weighted by molar-refractivity contribution is 6.35. The fourth-order valence-electron chi connectivity index (χ4n) is 2.18. The lowest BCUT2D eigenvalue weighted by atomic mass is 9.90. The van der Waals surface area contributed by atoms with Gasteiger partial charge in [-0.05, 0) is 42.3 Å². The van der Waals surface area contributed by atoms with E-state index >= 15 is 0 Å². The van der Waals surface area contributed by atoms with Crippen LogP contribution in [-0.4, -0.2) is 10.7 Å². The average molecular weight is 330 g/mol. The van der Waals surface area contributed by atoms with Gasteiger partial charge in [0.1, 0.15) is 0 Å². The molecule has 0 aliphatic heterocycles. The maximum atomic E-state index is 10.6. The van der Waals surface area contributed by atoms with Crippen LogP contribution in [0.3, 0.4) is 0 Å². The Kier molecular flexibility index (Phi) is 4.98. The Balaban J connectivity index is 2.12. The second-order valence-electron chi connectivity index (χ2n) is 5.21. The number of aliphatic hydroxyl groups is 1. The second kappa shape index (κ2) is 6.36. The van der Waals surface area contributed by atoms with E-state index in [0.29, 0.717) is 27.9 Å². The van der Waals surface area contributed by atoms with Gasteiger partial charge >= 0.3 is 0 Å². The molecule has 0 spiro atoms. The van der Waals surface area contributed by atoms with E-state index in [1.807, 2.05) is 30.3 Å². The van der Waals surface area contributed by atoms with Gasteiger partial charge < -0.3 is 5.11 Å². The highest BCUT2D eigenvalue weighted by atomic mass is 35.5. The van der Waals surface area contributed by atoms with E-state index in [0.717, 1.165) is 11.1 Å². The Labute approximate surface area is 134 Å². The predicted molar refractivity (Wildman–Crippen MR) is 85.9 cm³/mol. The molecule has 1 unspecified atom stereocenters. The Morgan fingerprint density at radius 3 is 2.10 bits per heavy atom. The lowest BCUT2D eigenvalue weighted by Gasteiger charge is -2.24. The van der Waals surface area contributed by atoms with Gasteiger partial charge in [0, 0.05) is 27.9 Å². The third-order valence-corrected chi connectivity index (χ3v) is 3.92. The van der Waals surface area contributed by atoms with E-state index in [-0.39, 0.29) is 0 Å². The lowest BCUT2D eigenvalue weighted by Crippen LogP contribution is -2.30. The number of hydrogen-bond acceptors (Lipinski definition) is 1. The van der Waals surface area contributed by atoms with Crippen LogP contribution in [-0.2, 0) is 12.8 Å². The van der Waals surface area contributed by atoms with Crippen molar-refractivity contribution < 1.29 is 5.11 Å². The number of rotatable bonds is 4. The summed E-state index contributed by atoms with van der Waals surface area (Å²) in [5.41, 5.74) is 1.03. The van der Waals surface area contributed by atoms with Crippen molar-refractivity contribution in [3.63, 3.8) is 0 Å². The van der Waals surface area contributed by atoms with Gasteiger partial charge in [0.05, 0.1) is 5.60 Å². The normalized spacial score (nSPS) is 14.1. The van der Waals surface area contributed by atoms with Crippen molar-refractivity contribution in [3.8, 4) is 0 Å². The molecule has 1 atom stereocenters. The van der Waals surface area contributed by atoms with Crippen LogP contribution in [0, 0.1) is 0 Å². The predicted octanol–water partition coefficient (Wildman–Crippen LogP) is 5.18. The molecule has 2 aromatic rings. The molecule has 106 valence electrons. The third-order valence-electron chi connectivity index (χ3n) is 3.08. The Hall–Kier alpha value is -0.730. The molecule has 0 radical (unpaired) electrons. The number of benzene rings is 2. The van der Waals surface area contributed by atoms with Gasteiger partial charge in [-0.2, -0.15) is 0 Å². The van der Waals surface area contributed by atoms with Crippen LogP contribution in [0.5, 0.6) is 0 Å². The highest BCUT2D eigenvalue weighted by Crippen LogP contribution is 2.26. The largest absolute Gasteiger partial charge is 0.389 e. The molecule has 1 nitrogen and oxygen atoms in total. The summed E-state index contributed by atoms with van der Waals surface area (Å²) in [7, 11) is 0. The van der Waals surface area contributed by atoms with Crippen LogP contribution < -0.4 is 0 Å². The summed E-state index contributed by atoms with van der Waals surface area (Å²) < 4.78 is 0. The van der Waals surface area contributed by atoms with Crippen molar-refractivity contribution in [1.29, 1.82) is 0 Å². The minimum absolute atomic E-state index is 0.464. The fraction of sp³-hybridized carbons (Fsp3) is 0.250. The molecule has 0 fully saturated rings. The number of halogens is 3. The Morgan fingerprint density at radius 1 is 0.900 bits per heavy atom. The van der Waals surface area contributed by atoms with E-state index in [9.17, 15) is 5.11 Å². The summed E-state index contributed by atoms with van der Waals surface area (Å²) in [6, 6.07) is 12.8. The summed E-state index contributed by atoms with van der Waals surface area (Å²) in [5.74, 6) is 0. The molecule has 2 aromatic carbocycles. The summed E-state index contributed by atoms with van der Waals surface area (Å²) in [6.45, 7) is 1.80. The van der Waals surface area contributed by atoms with Crippen molar-refractivity contribution in [2.75, 3.05) is 0 Å². The molecule has 1 N–H and O–H groups in total.